The molecule has 10 nitrogen and oxygen atoms in total. The maximum atomic E-state index is 10.8. The fourth-order valence-electron chi connectivity index (χ4n) is 0.815. The molecule has 4 atom stereocenters. The van der Waals surface area contributed by atoms with Gasteiger partial charge in [0.2, 0.25) is 0 Å². The van der Waals surface area contributed by atoms with E-state index in [1.807, 2.05) is 0 Å². The second kappa shape index (κ2) is 6.20. The first-order valence-electron chi connectivity index (χ1n) is 4.14. The third kappa shape index (κ3) is 5.36. The SMILES string of the molecule is O=C(OS(=O)(=O)O)[C@@H](O)[C@@H](O)[C@H](O)[C@H](O)CO. The highest BCUT2D eigenvalue weighted by Crippen LogP contribution is 2.07. The zero-order valence-corrected chi connectivity index (χ0v) is 9.06. The summed E-state index contributed by atoms with van der Waals surface area (Å²) < 4.78 is 31.6. The highest BCUT2D eigenvalue weighted by Gasteiger charge is 2.36. The van der Waals surface area contributed by atoms with E-state index in [1.165, 1.54) is 0 Å². The molecule has 0 aliphatic heterocycles. The number of aliphatic hydroxyl groups excluding tert-OH is 5. The Morgan fingerprint density at radius 3 is 1.94 bits per heavy atom. The quantitative estimate of drug-likeness (QED) is 0.260. The van der Waals surface area contributed by atoms with E-state index in [2.05, 4.69) is 4.18 Å². The third-order valence-electron chi connectivity index (χ3n) is 1.68. The molecule has 0 aromatic carbocycles. The fourth-order valence-corrected chi connectivity index (χ4v) is 1.12. The normalized spacial score (nSPS) is 19.2. The largest absolute Gasteiger partial charge is 0.449 e. The first kappa shape index (κ1) is 16.2. The molecule has 0 aromatic heterocycles. The lowest BCUT2D eigenvalue weighted by atomic mass is 10.0. The smallest absolute Gasteiger partial charge is 0.394 e. The van der Waals surface area contributed by atoms with Gasteiger partial charge in [0, 0.05) is 0 Å². The van der Waals surface area contributed by atoms with Gasteiger partial charge in [-0.3, -0.25) is 4.55 Å². The highest BCUT2D eigenvalue weighted by atomic mass is 32.3. The summed E-state index contributed by atoms with van der Waals surface area (Å²) in [5, 5.41) is 44.5. The fraction of sp³-hybridized carbons (Fsp3) is 0.833. The number of rotatable bonds is 6. The van der Waals surface area contributed by atoms with Crippen LogP contribution in [0, 0.1) is 0 Å². The molecule has 0 saturated carbocycles. The first-order valence-corrected chi connectivity index (χ1v) is 5.50. The molecular formula is C6H12O10S. The zero-order chi connectivity index (χ0) is 13.8. The Hall–Kier alpha value is -0.820. The van der Waals surface area contributed by atoms with Gasteiger partial charge in [0.05, 0.1) is 6.61 Å². The van der Waals surface area contributed by atoms with Gasteiger partial charge in [0.25, 0.3) is 0 Å². The molecule has 0 radical (unpaired) electrons. The molecule has 0 amide bonds. The van der Waals surface area contributed by atoms with Crippen LogP contribution in [0.2, 0.25) is 0 Å². The Morgan fingerprint density at radius 1 is 1.12 bits per heavy atom. The van der Waals surface area contributed by atoms with Gasteiger partial charge in [-0.05, 0) is 0 Å². The van der Waals surface area contributed by atoms with E-state index < -0.39 is 47.4 Å². The molecule has 0 heterocycles. The van der Waals surface area contributed by atoms with Crippen molar-refractivity contribution in [2.75, 3.05) is 6.61 Å². The Morgan fingerprint density at radius 2 is 1.59 bits per heavy atom. The number of carbonyl (C=O) groups is 1. The number of hydrogen-bond acceptors (Lipinski definition) is 9. The van der Waals surface area contributed by atoms with Crippen LogP contribution in [0.3, 0.4) is 0 Å². The minimum Gasteiger partial charge on any atom is -0.394 e. The van der Waals surface area contributed by atoms with Crippen molar-refractivity contribution in [1.82, 2.24) is 0 Å². The number of hydrogen-bond donors (Lipinski definition) is 6. The van der Waals surface area contributed by atoms with E-state index in [-0.39, 0.29) is 0 Å². The van der Waals surface area contributed by atoms with Crippen LogP contribution >= 0.6 is 0 Å². The average Bonchev–Trinajstić information content (AvgIpc) is 2.22. The van der Waals surface area contributed by atoms with Crippen molar-refractivity contribution in [1.29, 1.82) is 0 Å². The Labute approximate surface area is 95.6 Å². The van der Waals surface area contributed by atoms with Gasteiger partial charge in [-0.2, -0.15) is 8.42 Å². The highest BCUT2D eigenvalue weighted by molar-refractivity contribution is 7.81. The van der Waals surface area contributed by atoms with Crippen molar-refractivity contribution in [3.63, 3.8) is 0 Å². The molecule has 6 N–H and O–H groups in total. The molecule has 0 saturated heterocycles. The summed E-state index contributed by atoms with van der Waals surface area (Å²) in [7, 11) is -5.17. The number of carbonyl (C=O) groups excluding carboxylic acids is 1. The second-order valence-electron chi connectivity index (χ2n) is 3.01. The van der Waals surface area contributed by atoms with E-state index in [4.69, 9.17) is 30.1 Å². The minimum atomic E-state index is -5.17. The lowest BCUT2D eigenvalue weighted by Crippen LogP contribution is -2.49. The van der Waals surface area contributed by atoms with E-state index in [9.17, 15) is 13.2 Å². The molecule has 0 fully saturated rings. The van der Waals surface area contributed by atoms with Gasteiger partial charge in [-0.1, -0.05) is 0 Å². The van der Waals surface area contributed by atoms with Crippen LogP contribution in [0.15, 0.2) is 0 Å². The van der Waals surface area contributed by atoms with Crippen LogP contribution in [0.1, 0.15) is 0 Å². The topological polar surface area (TPSA) is 182 Å². The Kier molecular flexibility index (Phi) is 5.91. The molecule has 0 aliphatic carbocycles. The predicted molar refractivity (Wildman–Crippen MR) is 48.8 cm³/mol. The van der Waals surface area contributed by atoms with Crippen molar-refractivity contribution >= 4 is 16.4 Å². The van der Waals surface area contributed by atoms with Crippen molar-refractivity contribution in [3.8, 4) is 0 Å². The van der Waals surface area contributed by atoms with Crippen molar-refractivity contribution in [2.24, 2.45) is 0 Å². The number of aliphatic hydroxyl groups is 5. The summed E-state index contributed by atoms with van der Waals surface area (Å²) in [6, 6.07) is 0. The zero-order valence-electron chi connectivity index (χ0n) is 8.24. The summed E-state index contributed by atoms with van der Waals surface area (Å²) >= 11 is 0. The average molecular weight is 276 g/mol. The van der Waals surface area contributed by atoms with E-state index >= 15 is 0 Å². The summed E-state index contributed by atoms with van der Waals surface area (Å²) in [4.78, 5) is 10.8. The summed E-state index contributed by atoms with van der Waals surface area (Å²) in [5.74, 6) is -1.95. The van der Waals surface area contributed by atoms with E-state index in [1.54, 1.807) is 0 Å². The maximum absolute atomic E-state index is 10.8. The van der Waals surface area contributed by atoms with Gasteiger partial charge in [-0.15, -0.1) is 0 Å². The van der Waals surface area contributed by atoms with Gasteiger partial charge >= 0.3 is 16.4 Å². The molecule has 0 rings (SSSR count). The maximum Gasteiger partial charge on any atom is 0.449 e. The van der Waals surface area contributed by atoms with Gasteiger partial charge < -0.3 is 29.7 Å². The predicted octanol–water partition coefficient (Wildman–Crippen LogP) is -4.23. The first-order chi connectivity index (χ1) is 7.60. The standard InChI is InChI=1S/C6H12O10S/c7-1-2(8)3(9)4(10)5(11)6(12)16-17(13,14)15/h2-5,7-11H,1H2,(H,13,14,15)/t2-,3-,4+,5+/m1/s1. The minimum absolute atomic E-state index is 0.974. The van der Waals surface area contributed by atoms with Gasteiger partial charge in [0.15, 0.2) is 6.10 Å². The monoisotopic (exact) mass is 276 g/mol. The van der Waals surface area contributed by atoms with Crippen LogP contribution in [-0.2, 0) is 19.4 Å². The van der Waals surface area contributed by atoms with Crippen LogP contribution in [0.5, 0.6) is 0 Å². The molecule has 0 bridgehead atoms. The van der Waals surface area contributed by atoms with Gasteiger partial charge in [0.1, 0.15) is 18.3 Å². The van der Waals surface area contributed by atoms with Crippen LogP contribution < -0.4 is 0 Å². The Bertz CT molecular complexity index is 350. The molecular weight excluding hydrogens is 264 g/mol. The molecule has 102 valence electrons. The van der Waals surface area contributed by atoms with Crippen LogP contribution in [0.4, 0.5) is 0 Å². The lowest BCUT2D eigenvalue weighted by Gasteiger charge is -2.23. The lowest BCUT2D eigenvalue weighted by molar-refractivity contribution is -0.161. The summed E-state index contributed by atoms with van der Waals surface area (Å²) in [6.45, 7) is -0.974. The molecule has 0 aromatic rings. The third-order valence-corrected chi connectivity index (χ3v) is 2.06. The van der Waals surface area contributed by atoms with Crippen molar-refractivity contribution in [2.45, 2.75) is 24.4 Å². The van der Waals surface area contributed by atoms with Gasteiger partial charge in [-0.25, -0.2) is 4.79 Å². The molecule has 11 heteroatoms. The van der Waals surface area contributed by atoms with Crippen molar-refractivity contribution < 1.29 is 47.5 Å². The molecule has 17 heavy (non-hydrogen) atoms. The van der Waals surface area contributed by atoms with E-state index in [0.29, 0.717) is 0 Å². The van der Waals surface area contributed by atoms with Crippen LogP contribution in [-0.4, -0.2) is 75.5 Å². The van der Waals surface area contributed by atoms with Crippen LogP contribution in [0.25, 0.3) is 0 Å². The van der Waals surface area contributed by atoms with Crippen molar-refractivity contribution in [3.05, 3.63) is 0 Å². The van der Waals surface area contributed by atoms with E-state index in [0.717, 1.165) is 0 Å². The molecule has 0 spiro atoms. The summed E-state index contributed by atoms with van der Waals surface area (Å²) in [6.07, 6.45) is -8.83. The molecule has 0 unspecified atom stereocenters. The second-order valence-corrected chi connectivity index (χ2v) is 4.03. The Balaban J connectivity index is 4.59. The molecule has 0 aliphatic rings. The summed E-state index contributed by atoms with van der Waals surface area (Å²) in [5.41, 5.74) is 0.